The fourth-order valence-corrected chi connectivity index (χ4v) is 4.11. The molecular weight excluding hydrogens is 380 g/mol. The quantitative estimate of drug-likeness (QED) is 0.450. The third-order valence-electron chi connectivity index (χ3n) is 4.77. The van der Waals surface area contributed by atoms with Gasteiger partial charge in [0.1, 0.15) is 0 Å². The van der Waals surface area contributed by atoms with Gasteiger partial charge in [0.15, 0.2) is 10.8 Å². The summed E-state index contributed by atoms with van der Waals surface area (Å²) in [6.07, 6.45) is 2.75. The van der Waals surface area contributed by atoms with Gasteiger partial charge in [-0.15, -0.1) is 10.2 Å². The molecule has 0 spiro atoms. The van der Waals surface area contributed by atoms with Gasteiger partial charge < -0.3 is 5.32 Å². The first kappa shape index (κ1) is 19.2. The molecule has 0 radical (unpaired) electrons. The van der Waals surface area contributed by atoms with Crippen LogP contribution in [0.25, 0.3) is 5.65 Å². The molecule has 0 aliphatic heterocycles. The van der Waals surface area contributed by atoms with Gasteiger partial charge in [-0.1, -0.05) is 78.5 Å². The first-order valence-electron chi connectivity index (χ1n) is 9.60. The Hall–Kier alpha value is -3.12. The van der Waals surface area contributed by atoms with Gasteiger partial charge in [0, 0.05) is 18.7 Å². The van der Waals surface area contributed by atoms with Gasteiger partial charge in [-0.3, -0.25) is 9.20 Å². The van der Waals surface area contributed by atoms with Crippen molar-refractivity contribution in [3.63, 3.8) is 0 Å². The summed E-state index contributed by atoms with van der Waals surface area (Å²) in [5.74, 6) is 0.574. The molecule has 146 valence electrons. The molecule has 0 fully saturated rings. The highest BCUT2D eigenvalue weighted by Gasteiger charge is 2.14. The molecule has 2 aromatic heterocycles. The van der Waals surface area contributed by atoms with Gasteiger partial charge in [-0.2, -0.15) is 0 Å². The van der Waals surface area contributed by atoms with Crippen molar-refractivity contribution < 1.29 is 4.79 Å². The molecule has 1 N–H and O–H groups in total. The topological polar surface area (TPSA) is 59.3 Å². The van der Waals surface area contributed by atoms with E-state index in [2.05, 4.69) is 64.0 Å². The Bertz CT molecular complexity index is 1030. The van der Waals surface area contributed by atoms with E-state index in [-0.39, 0.29) is 11.8 Å². The fourth-order valence-electron chi connectivity index (χ4n) is 3.35. The number of rotatable bonds is 8. The lowest BCUT2D eigenvalue weighted by Crippen LogP contribution is -2.27. The molecule has 29 heavy (non-hydrogen) atoms. The van der Waals surface area contributed by atoms with Crippen LogP contribution in [0.5, 0.6) is 0 Å². The second kappa shape index (κ2) is 9.39. The van der Waals surface area contributed by atoms with E-state index in [0.29, 0.717) is 12.3 Å². The highest BCUT2D eigenvalue weighted by molar-refractivity contribution is 7.99. The zero-order chi connectivity index (χ0) is 19.9. The van der Waals surface area contributed by atoms with Crippen LogP contribution in [0.2, 0.25) is 0 Å². The maximum absolute atomic E-state index is 12.3. The van der Waals surface area contributed by atoms with E-state index >= 15 is 0 Å². The summed E-state index contributed by atoms with van der Waals surface area (Å²) in [5, 5.41) is 12.0. The Morgan fingerprint density at radius 3 is 2.24 bits per heavy atom. The van der Waals surface area contributed by atoms with Crippen molar-refractivity contribution in [1.82, 2.24) is 19.9 Å². The van der Waals surface area contributed by atoms with E-state index in [1.54, 1.807) is 0 Å². The first-order chi connectivity index (χ1) is 14.3. The molecule has 0 bridgehead atoms. The minimum atomic E-state index is 0.00237. The molecule has 0 aliphatic rings. The van der Waals surface area contributed by atoms with E-state index in [4.69, 9.17) is 0 Å². The molecule has 2 heterocycles. The number of fused-ring (bicyclic) bond motifs is 1. The van der Waals surface area contributed by atoms with Crippen molar-refractivity contribution >= 4 is 23.3 Å². The van der Waals surface area contributed by atoms with Gasteiger partial charge in [-0.05, 0) is 29.7 Å². The number of amides is 1. The van der Waals surface area contributed by atoms with Crippen molar-refractivity contribution in [2.75, 3.05) is 12.3 Å². The molecular formula is C23H22N4OS. The fraction of sp³-hybridized carbons (Fsp3) is 0.174. The second-order valence-electron chi connectivity index (χ2n) is 6.71. The number of hydrogen-bond donors (Lipinski definition) is 1. The van der Waals surface area contributed by atoms with E-state index in [1.165, 1.54) is 22.9 Å². The Morgan fingerprint density at radius 1 is 0.897 bits per heavy atom. The lowest BCUT2D eigenvalue weighted by atomic mass is 9.88. The second-order valence-corrected chi connectivity index (χ2v) is 7.66. The lowest BCUT2D eigenvalue weighted by molar-refractivity contribution is -0.118. The number of carbonyl (C=O) groups is 1. The van der Waals surface area contributed by atoms with Crippen molar-refractivity contribution in [1.29, 1.82) is 0 Å². The minimum absolute atomic E-state index is 0.00237. The first-order valence-corrected chi connectivity index (χ1v) is 10.6. The van der Waals surface area contributed by atoms with E-state index < -0.39 is 0 Å². The standard InChI is InChI=1S/C23H22N4OS/c28-22(17-29-23-26-25-21-13-7-8-16-27(21)23)24-15-14-20(18-9-3-1-4-10-18)19-11-5-2-6-12-19/h1-13,16,20H,14-15,17H2,(H,24,28). The monoisotopic (exact) mass is 402 g/mol. The van der Waals surface area contributed by atoms with Crippen LogP contribution in [-0.4, -0.2) is 32.8 Å². The molecule has 4 aromatic rings. The minimum Gasteiger partial charge on any atom is -0.355 e. The summed E-state index contributed by atoms with van der Waals surface area (Å²) < 4.78 is 1.89. The molecule has 5 nitrogen and oxygen atoms in total. The van der Waals surface area contributed by atoms with Crippen LogP contribution in [0, 0.1) is 0 Å². The summed E-state index contributed by atoms with van der Waals surface area (Å²) in [4.78, 5) is 12.3. The van der Waals surface area contributed by atoms with Crippen molar-refractivity contribution in [3.8, 4) is 0 Å². The lowest BCUT2D eigenvalue weighted by Gasteiger charge is -2.18. The van der Waals surface area contributed by atoms with Crippen LogP contribution < -0.4 is 5.32 Å². The molecule has 0 atom stereocenters. The smallest absolute Gasteiger partial charge is 0.230 e. The number of nitrogens with one attached hydrogen (secondary N) is 1. The maximum Gasteiger partial charge on any atom is 0.230 e. The number of aromatic nitrogens is 3. The molecule has 4 rings (SSSR count). The summed E-state index contributed by atoms with van der Waals surface area (Å²) in [7, 11) is 0. The molecule has 0 aliphatic carbocycles. The molecule has 2 aromatic carbocycles. The molecule has 6 heteroatoms. The van der Waals surface area contributed by atoms with Gasteiger partial charge in [0.2, 0.25) is 5.91 Å². The van der Waals surface area contributed by atoms with Gasteiger partial charge >= 0.3 is 0 Å². The number of nitrogens with zero attached hydrogens (tertiary/aromatic N) is 3. The average molecular weight is 403 g/mol. The largest absolute Gasteiger partial charge is 0.355 e. The Balaban J connectivity index is 1.33. The van der Waals surface area contributed by atoms with Gasteiger partial charge in [-0.25, -0.2) is 0 Å². The molecule has 0 saturated heterocycles. The Labute approximate surface area is 174 Å². The van der Waals surface area contributed by atoms with Crippen LogP contribution >= 0.6 is 11.8 Å². The maximum atomic E-state index is 12.3. The highest BCUT2D eigenvalue weighted by atomic mass is 32.2. The summed E-state index contributed by atoms with van der Waals surface area (Å²) in [5.41, 5.74) is 3.30. The third-order valence-corrected chi connectivity index (χ3v) is 5.72. The van der Waals surface area contributed by atoms with Gasteiger partial charge in [0.05, 0.1) is 5.75 Å². The van der Waals surface area contributed by atoms with Crippen molar-refractivity contribution in [2.24, 2.45) is 0 Å². The number of benzene rings is 2. The Kier molecular flexibility index (Phi) is 6.22. The summed E-state index contributed by atoms with van der Waals surface area (Å²) in [6, 6.07) is 26.6. The van der Waals surface area contributed by atoms with Crippen LogP contribution in [0.1, 0.15) is 23.5 Å². The molecule has 1 amide bonds. The van der Waals surface area contributed by atoms with Crippen LogP contribution in [-0.2, 0) is 4.79 Å². The zero-order valence-electron chi connectivity index (χ0n) is 15.9. The highest BCUT2D eigenvalue weighted by Crippen LogP contribution is 2.27. The SMILES string of the molecule is O=C(CSc1nnc2ccccn12)NCCC(c1ccccc1)c1ccccc1. The van der Waals surface area contributed by atoms with E-state index in [1.807, 2.05) is 40.9 Å². The number of hydrogen-bond acceptors (Lipinski definition) is 4. The molecule has 0 saturated carbocycles. The van der Waals surface area contributed by atoms with Crippen LogP contribution in [0.15, 0.2) is 90.2 Å². The third kappa shape index (κ3) is 4.84. The zero-order valence-corrected chi connectivity index (χ0v) is 16.8. The van der Waals surface area contributed by atoms with E-state index in [9.17, 15) is 4.79 Å². The van der Waals surface area contributed by atoms with Crippen LogP contribution in [0.3, 0.4) is 0 Å². The Morgan fingerprint density at radius 2 is 1.55 bits per heavy atom. The van der Waals surface area contributed by atoms with E-state index in [0.717, 1.165) is 17.2 Å². The van der Waals surface area contributed by atoms with Crippen LogP contribution in [0.4, 0.5) is 0 Å². The molecule has 0 unspecified atom stereocenters. The van der Waals surface area contributed by atoms with Crippen molar-refractivity contribution in [2.45, 2.75) is 17.5 Å². The predicted molar refractivity (Wildman–Crippen MR) is 116 cm³/mol. The van der Waals surface area contributed by atoms with Gasteiger partial charge in [0.25, 0.3) is 0 Å². The predicted octanol–water partition coefficient (Wildman–Crippen LogP) is 4.16. The normalized spacial score (nSPS) is 11.1. The summed E-state index contributed by atoms with van der Waals surface area (Å²) in [6.45, 7) is 0.619. The van der Waals surface area contributed by atoms with Crippen molar-refractivity contribution in [3.05, 3.63) is 96.2 Å². The number of carbonyl (C=O) groups excluding carboxylic acids is 1. The number of thioether (sulfide) groups is 1. The number of pyridine rings is 1. The average Bonchev–Trinajstić information content (AvgIpc) is 3.20. The summed E-state index contributed by atoms with van der Waals surface area (Å²) >= 11 is 1.39.